The number of amides is 3. The largest absolute Gasteiger partial charge is 0.444 e. The van der Waals surface area contributed by atoms with Gasteiger partial charge < -0.3 is 20.4 Å². The van der Waals surface area contributed by atoms with Crippen LogP contribution >= 0.6 is 0 Å². The summed E-state index contributed by atoms with van der Waals surface area (Å²) in [5, 5.41) is 5.77. The number of H-pyrrole nitrogens is 1. The number of hydrogen-bond donors (Lipinski definition) is 3. The molecule has 1 aromatic carbocycles. The van der Waals surface area contributed by atoms with Crippen LogP contribution < -0.4 is 10.6 Å². The van der Waals surface area contributed by atoms with Crippen LogP contribution in [0.25, 0.3) is 11.6 Å². The van der Waals surface area contributed by atoms with Gasteiger partial charge in [0.25, 0.3) is 5.91 Å². The van der Waals surface area contributed by atoms with Gasteiger partial charge in [-0.15, -0.1) is 0 Å². The van der Waals surface area contributed by atoms with Crippen molar-refractivity contribution in [2.75, 3.05) is 18.9 Å². The molecule has 8 nitrogen and oxygen atoms in total. The zero-order valence-electron chi connectivity index (χ0n) is 22.3. The van der Waals surface area contributed by atoms with Gasteiger partial charge in [-0.1, -0.05) is 0 Å². The molecule has 2 unspecified atom stereocenters. The summed E-state index contributed by atoms with van der Waals surface area (Å²) in [5.41, 5.74) is 5.20. The van der Waals surface area contributed by atoms with Crippen molar-refractivity contribution in [3.8, 4) is 0 Å². The molecule has 4 rings (SSSR count). The second-order valence-electron chi connectivity index (χ2n) is 10.9. The SMILES string of the molecule is Cc1c(C=C2C(=O)Nc3ccc(F)cc32)[nH]c2c1CCC(CNC(=O)C(C)N(C)C(=O)OC(C)(C)C)C2. The van der Waals surface area contributed by atoms with E-state index < -0.39 is 17.7 Å². The van der Waals surface area contributed by atoms with Crippen molar-refractivity contribution in [1.29, 1.82) is 0 Å². The minimum Gasteiger partial charge on any atom is -0.444 e. The highest BCUT2D eigenvalue weighted by atomic mass is 19.1. The van der Waals surface area contributed by atoms with Crippen molar-refractivity contribution in [2.24, 2.45) is 5.92 Å². The first-order chi connectivity index (χ1) is 17.3. The topological polar surface area (TPSA) is 104 Å². The van der Waals surface area contributed by atoms with Gasteiger partial charge in [0.1, 0.15) is 17.5 Å². The van der Waals surface area contributed by atoms with Crippen molar-refractivity contribution >= 4 is 35.2 Å². The molecule has 1 aliphatic carbocycles. The van der Waals surface area contributed by atoms with Crippen molar-refractivity contribution in [2.45, 2.75) is 65.5 Å². The fourth-order valence-electron chi connectivity index (χ4n) is 4.80. The van der Waals surface area contributed by atoms with Crippen LogP contribution in [-0.2, 0) is 27.2 Å². The molecule has 198 valence electrons. The summed E-state index contributed by atoms with van der Waals surface area (Å²) in [6, 6.07) is 3.61. The molecule has 9 heteroatoms. The summed E-state index contributed by atoms with van der Waals surface area (Å²) in [5.74, 6) is -0.636. The molecule has 0 bridgehead atoms. The number of rotatable bonds is 5. The minimum absolute atomic E-state index is 0.231. The van der Waals surface area contributed by atoms with Gasteiger partial charge >= 0.3 is 6.09 Å². The predicted molar refractivity (Wildman–Crippen MR) is 140 cm³/mol. The van der Waals surface area contributed by atoms with Gasteiger partial charge in [0.15, 0.2) is 0 Å². The molecule has 2 heterocycles. The lowest BCUT2D eigenvalue weighted by Crippen LogP contribution is -2.48. The summed E-state index contributed by atoms with van der Waals surface area (Å²) in [6.45, 7) is 9.55. The second-order valence-corrected chi connectivity index (χ2v) is 10.9. The van der Waals surface area contributed by atoms with E-state index in [0.717, 1.165) is 36.2 Å². The minimum atomic E-state index is -0.662. The number of halogens is 1. The number of likely N-dealkylation sites (N-methyl/N-ethyl adjacent to an activating group) is 1. The lowest BCUT2D eigenvalue weighted by molar-refractivity contribution is -0.125. The van der Waals surface area contributed by atoms with Gasteiger partial charge in [0.05, 0.1) is 5.57 Å². The van der Waals surface area contributed by atoms with Crippen LogP contribution in [0.2, 0.25) is 0 Å². The third kappa shape index (κ3) is 5.70. The molecule has 3 N–H and O–H groups in total. The average molecular weight is 511 g/mol. The second kappa shape index (κ2) is 10.0. The predicted octanol–water partition coefficient (Wildman–Crippen LogP) is 4.43. The van der Waals surface area contributed by atoms with E-state index in [1.165, 1.54) is 22.6 Å². The van der Waals surface area contributed by atoms with Crippen molar-refractivity contribution < 1.29 is 23.5 Å². The van der Waals surface area contributed by atoms with Crippen LogP contribution in [-0.4, -0.2) is 53.0 Å². The number of nitrogens with zero attached hydrogens (tertiary/aromatic N) is 1. The molecule has 37 heavy (non-hydrogen) atoms. The molecule has 2 atom stereocenters. The fourth-order valence-corrected chi connectivity index (χ4v) is 4.80. The Kier molecular flexibility index (Phi) is 7.17. The highest BCUT2D eigenvalue weighted by Crippen LogP contribution is 2.36. The van der Waals surface area contributed by atoms with Crippen molar-refractivity contribution in [1.82, 2.24) is 15.2 Å². The number of aromatic nitrogens is 1. The third-order valence-electron chi connectivity index (χ3n) is 7.06. The summed E-state index contributed by atoms with van der Waals surface area (Å²) in [6.07, 6.45) is 3.77. The Balaban J connectivity index is 1.40. The van der Waals surface area contributed by atoms with E-state index in [0.29, 0.717) is 23.4 Å². The van der Waals surface area contributed by atoms with Gasteiger partial charge in [-0.05, 0) is 95.2 Å². The molecule has 3 amide bonds. The Bertz CT molecular complexity index is 1270. The number of carbonyl (C=O) groups is 3. The Hall–Kier alpha value is -3.62. The van der Waals surface area contributed by atoms with E-state index in [2.05, 4.69) is 15.6 Å². The van der Waals surface area contributed by atoms with E-state index in [4.69, 9.17) is 4.74 Å². The number of ether oxygens (including phenoxy) is 1. The van der Waals surface area contributed by atoms with Gasteiger partial charge in [-0.25, -0.2) is 9.18 Å². The van der Waals surface area contributed by atoms with E-state index in [1.54, 1.807) is 46.9 Å². The summed E-state index contributed by atoms with van der Waals surface area (Å²) >= 11 is 0. The van der Waals surface area contributed by atoms with Crippen LogP contribution in [0.5, 0.6) is 0 Å². The van der Waals surface area contributed by atoms with Crippen LogP contribution in [0.4, 0.5) is 14.9 Å². The Morgan fingerprint density at radius 1 is 1.32 bits per heavy atom. The van der Waals surface area contributed by atoms with Crippen LogP contribution in [0.1, 0.15) is 62.2 Å². The number of aromatic amines is 1. The maximum atomic E-state index is 13.8. The van der Waals surface area contributed by atoms with E-state index >= 15 is 0 Å². The smallest absolute Gasteiger partial charge is 0.410 e. The van der Waals surface area contributed by atoms with Crippen LogP contribution in [0, 0.1) is 18.7 Å². The monoisotopic (exact) mass is 510 g/mol. The molecule has 2 aromatic rings. The Morgan fingerprint density at radius 3 is 2.76 bits per heavy atom. The first-order valence-corrected chi connectivity index (χ1v) is 12.6. The molecular formula is C28H35FN4O4. The van der Waals surface area contributed by atoms with E-state index in [-0.39, 0.29) is 23.5 Å². The molecule has 2 aliphatic rings. The first-order valence-electron chi connectivity index (χ1n) is 12.6. The number of fused-ring (bicyclic) bond motifs is 2. The van der Waals surface area contributed by atoms with Gasteiger partial charge in [0, 0.05) is 36.2 Å². The van der Waals surface area contributed by atoms with Gasteiger partial charge in [-0.2, -0.15) is 0 Å². The summed E-state index contributed by atoms with van der Waals surface area (Å²) in [4.78, 5) is 42.3. The zero-order chi connectivity index (χ0) is 27.1. The van der Waals surface area contributed by atoms with Crippen LogP contribution in [0.3, 0.4) is 0 Å². The number of nitrogens with one attached hydrogen (secondary N) is 3. The molecule has 0 saturated carbocycles. The lowest BCUT2D eigenvalue weighted by atomic mass is 9.86. The molecule has 0 fully saturated rings. The van der Waals surface area contributed by atoms with Crippen molar-refractivity contribution in [3.63, 3.8) is 0 Å². The maximum absolute atomic E-state index is 13.8. The normalized spacial score (nSPS) is 18.6. The molecule has 1 aromatic heterocycles. The quantitative estimate of drug-likeness (QED) is 0.518. The number of hydrogen-bond acceptors (Lipinski definition) is 4. The third-order valence-corrected chi connectivity index (χ3v) is 7.06. The van der Waals surface area contributed by atoms with E-state index in [1.807, 2.05) is 6.92 Å². The maximum Gasteiger partial charge on any atom is 0.410 e. The number of benzene rings is 1. The average Bonchev–Trinajstić information content (AvgIpc) is 3.30. The molecule has 0 spiro atoms. The summed E-state index contributed by atoms with van der Waals surface area (Å²) < 4.78 is 19.2. The Labute approximate surface area is 216 Å². The molecule has 1 aliphatic heterocycles. The van der Waals surface area contributed by atoms with Gasteiger partial charge in [-0.3, -0.25) is 14.5 Å². The highest BCUT2D eigenvalue weighted by Gasteiger charge is 2.29. The number of anilines is 1. The molecule has 0 saturated heterocycles. The van der Waals surface area contributed by atoms with Crippen LogP contribution in [0.15, 0.2) is 18.2 Å². The number of carbonyl (C=O) groups excluding carboxylic acids is 3. The first kappa shape index (κ1) is 26.4. The standard InChI is InChI=1S/C28H35FN4O4/c1-15-19-9-7-17(14-30-25(34)16(2)33(6)27(36)37-28(3,4)5)11-24(19)31-23(15)13-21-20-12-18(29)8-10-22(20)32-26(21)35/h8,10,12-13,16-17,31H,7,9,11,14H2,1-6H3,(H,30,34)(H,32,35). The zero-order valence-corrected chi connectivity index (χ0v) is 22.3. The fraction of sp³-hybridized carbons (Fsp3) is 0.464. The highest BCUT2D eigenvalue weighted by molar-refractivity contribution is 6.34. The Morgan fingerprint density at radius 2 is 2.05 bits per heavy atom. The van der Waals surface area contributed by atoms with Gasteiger partial charge in [0.2, 0.25) is 5.91 Å². The molecule has 0 radical (unpaired) electrons. The molecular weight excluding hydrogens is 475 g/mol. The van der Waals surface area contributed by atoms with Crippen molar-refractivity contribution in [3.05, 3.63) is 52.1 Å². The lowest BCUT2D eigenvalue weighted by Gasteiger charge is -2.29. The van der Waals surface area contributed by atoms with E-state index in [9.17, 15) is 18.8 Å². The summed E-state index contributed by atoms with van der Waals surface area (Å²) in [7, 11) is 1.56.